The lowest BCUT2D eigenvalue weighted by molar-refractivity contribution is -0.139. The normalized spacial score (nSPS) is 16.5. The van der Waals surface area contributed by atoms with E-state index < -0.39 is 72.3 Å². The van der Waals surface area contributed by atoms with Crippen molar-refractivity contribution in [2.45, 2.75) is 84.7 Å². The van der Waals surface area contributed by atoms with Gasteiger partial charge in [-0.2, -0.15) is 0 Å². The lowest BCUT2D eigenvalue weighted by Gasteiger charge is -2.30. The first-order valence-electron chi connectivity index (χ1n) is 12.3. The SMILES string of the molecule is CC[C@H](C)[C@H](NC(=O)[C@H](C)NC(=O)CN)C(=O)N[C@H](C(=O)N[C@H](C(=O)NCC(=O)O)[C@@H](C)CC)[C@@H](C)O. The highest BCUT2D eigenvalue weighted by molar-refractivity contribution is 5.96. The maximum Gasteiger partial charge on any atom is 0.322 e. The molecule has 0 aromatic rings. The van der Waals surface area contributed by atoms with E-state index in [0.29, 0.717) is 12.8 Å². The fourth-order valence-electron chi connectivity index (χ4n) is 3.21. The van der Waals surface area contributed by atoms with Crippen LogP contribution in [-0.4, -0.2) is 89.1 Å². The van der Waals surface area contributed by atoms with Gasteiger partial charge < -0.3 is 42.5 Å². The Bertz CT molecular complexity index is 821. The molecule has 0 rings (SSSR count). The molecular formula is C23H42N6O8. The largest absolute Gasteiger partial charge is 0.480 e. The predicted molar refractivity (Wildman–Crippen MR) is 134 cm³/mol. The number of amides is 5. The molecule has 14 heteroatoms. The van der Waals surface area contributed by atoms with Crippen molar-refractivity contribution in [3.8, 4) is 0 Å². The first-order chi connectivity index (χ1) is 17.2. The molecule has 0 aliphatic carbocycles. The van der Waals surface area contributed by atoms with Gasteiger partial charge in [-0.25, -0.2) is 0 Å². The van der Waals surface area contributed by atoms with Crippen LogP contribution in [0.3, 0.4) is 0 Å². The number of carboxylic acids is 1. The molecule has 0 aliphatic heterocycles. The Hall–Kier alpha value is -3.26. The summed E-state index contributed by atoms with van der Waals surface area (Å²) >= 11 is 0. The van der Waals surface area contributed by atoms with E-state index >= 15 is 0 Å². The number of rotatable bonds is 16. The van der Waals surface area contributed by atoms with E-state index in [0.717, 1.165) is 0 Å². The number of carbonyl (C=O) groups excluding carboxylic acids is 5. The molecule has 0 radical (unpaired) electrons. The minimum Gasteiger partial charge on any atom is -0.480 e. The van der Waals surface area contributed by atoms with Crippen molar-refractivity contribution in [1.82, 2.24) is 26.6 Å². The molecule has 0 saturated carbocycles. The average molecular weight is 531 g/mol. The summed E-state index contributed by atoms with van der Waals surface area (Å²) in [7, 11) is 0. The number of nitrogens with one attached hydrogen (secondary N) is 5. The molecule has 7 atom stereocenters. The molecule has 0 fully saturated rings. The van der Waals surface area contributed by atoms with Gasteiger partial charge in [-0.1, -0.05) is 40.5 Å². The van der Waals surface area contributed by atoms with Gasteiger partial charge in [0.2, 0.25) is 29.5 Å². The van der Waals surface area contributed by atoms with E-state index in [1.165, 1.54) is 13.8 Å². The molecule has 0 spiro atoms. The molecule has 9 N–H and O–H groups in total. The van der Waals surface area contributed by atoms with Gasteiger partial charge in [0.25, 0.3) is 0 Å². The molecule has 0 bridgehead atoms. The van der Waals surface area contributed by atoms with Crippen LogP contribution in [0.25, 0.3) is 0 Å². The number of nitrogens with two attached hydrogens (primary N) is 1. The number of carbonyl (C=O) groups is 6. The molecule has 0 aromatic heterocycles. The Balaban J connectivity index is 5.67. The summed E-state index contributed by atoms with van der Waals surface area (Å²) in [5.41, 5.74) is 5.24. The first-order valence-corrected chi connectivity index (χ1v) is 12.3. The number of aliphatic hydroxyl groups excluding tert-OH is 1. The van der Waals surface area contributed by atoms with E-state index in [-0.39, 0.29) is 18.4 Å². The number of hydrogen-bond donors (Lipinski definition) is 8. The Morgan fingerprint density at radius 2 is 1.14 bits per heavy atom. The summed E-state index contributed by atoms with van der Waals surface area (Å²) in [5.74, 6) is -5.57. The molecule has 0 saturated heterocycles. The van der Waals surface area contributed by atoms with Crippen molar-refractivity contribution in [2.24, 2.45) is 17.6 Å². The lowest BCUT2D eigenvalue weighted by Crippen LogP contribution is -2.62. The monoisotopic (exact) mass is 530 g/mol. The zero-order valence-corrected chi connectivity index (χ0v) is 22.3. The van der Waals surface area contributed by atoms with Crippen LogP contribution in [0, 0.1) is 11.8 Å². The highest BCUT2D eigenvalue weighted by Gasteiger charge is 2.35. The Morgan fingerprint density at radius 1 is 0.703 bits per heavy atom. The molecule has 0 heterocycles. The first kappa shape index (κ1) is 33.7. The zero-order valence-electron chi connectivity index (χ0n) is 22.3. The summed E-state index contributed by atoms with van der Waals surface area (Å²) in [6, 6.07) is -4.68. The highest BCUT2D eigenvalue weighted by atomic mass is 16.4. The molecule has 212 valence electrons. The summed E-state index contributed by atoms with van der Waals surface area (Å²) in [5, 5.41) is 31.1. The van der Waals surface area contributed by atoms with E-state index in [4.69, 9.17) is 10.8 Å². The predicted octanol–water partition coefficient (Wildman–Crippen LogP) is -2.42. The van der Waals surface area contributed by atoms with Gasteiger partial charge in [-0.15, -0.1) is 0 Å². The van der Waals surface area contributed by atoms with Crippen LogP contribution in [0.15, 0.2) is 0 Å². The smallest absolute Gasteiger partial charge is 0.322 e. The fraction of sp³-hybridized carbons (Fsp3) is 0.739. The second kappa shape index (κ2) is 16.5. The second-order valence-electron chi connectivity index (χ2n) is 9.08. The highest BCUT2D eigenvalue weighted by Crippen LogP contribution is 2.11. The number of aliphatic carboxylic acids is 1. The molecule has 0 unspecified atom stereocenters. The van der Waals surface area contributed by atoms with Crippen molar-refractivity contribution in [1.29, 1.82) is 0 Å². The van der Waals surface area contributed by atoms with Crippen LogP contribution in [0.2, 0.25) is 0 Å². The summed E-state index contributed by atoms with van der Waals surface area (Å²) in [4.78, 5) is 73.5. The molecule has 37 heavy (non-hydrogen) atoms. The Morgan fingerprint density at radius 3 is 1.57 bits per heavy atom. The van der Waals surface area contributed by atoms with Crippen LogP contribution >= 0.6 is 0 Å². The van der Waals surface area contributed by atoms with Crippen molar-refractivity contribution >= 4 is 35.5 Å². The maximum absolute atomic E-state index is 13.1. The van der Waals surface area contributed by atoms with Gasteiger partial charge >= 0.3 is 5.97 Å². The van der Waals surface area contributed by atoms with Gasteiger partial charge in [-0.05, 0) is 25.7 Å². The summed E-state index contributed by atoms with van der Waals surface area (Å²) in [6.45, 7) is 8.69. The molecule has 14 nitrogen and oxygen atoms in total. The zero-order chi connectivity index (χ0) is 28.9. The minimum atomic E-state index is -1.48. The van der Waals surface area contributed by atoms with E-state index in [1.54, 1.807) is 27.7 Å². The van der Waals surface area contributed by atoms with Crippen LogP contribution in [0.5, 0.6) is 0 Å². The van der Waals surface area contributed by atoms with E-state index in [9.17, 15) is 33.9 Å². The van der Waals surface area contributed by atoms with Gasteiger partial charge in [0.1, 0.15) is 30.7 Å². The van der Waals surface area contributed by atoms with Gasteiger partial charge in [0.05, 0.1) is 12.6 Å². The van der Waals surface area contributed by atoms with Crippen LogP contribution in [0.4, 0.5) is 0 Å². The Kier molecular flexibility index (Phi) is 15.0. The molecule has 5 amide bonds. The Labute approximate surface area is 216 Å². The van der Waals surface area contributed by atoms with Gasteiger partial charge in [0, 0.05) is 0 Å². The molecule has 0 aliphatic rings. The summed E-state index contributed by atoms with van der Waals surface area (Å²) < 4.78 is 0. The minimum absolute atomic E-state index is 0.315. The third-order valence-corrected chi connectivity index (χ3v) is 6.02. The molecule has 0 aromatic carbocycles. The van der Waals surface area contributed by atoms with Gasteiger partial charge in [0.15, 0.2) is 0 Å². The van der Waals surface area contributed by atoms with Crippen molar-refractivity contribution in [3.63, 3.8) is 0 Å². The number of aliphatic hydroxyl groups is 1. The fourth-order valence-corrected chi connectivity index (χ4v) is 3.21. The van der Waals surface area contributed by atoms with Gasteiger partial charge in [-0.3, -0.25) is 28.8 Å². The standard InChI is InChI=1S/C23H42N6O8/c1-7-11(3)17(21(35)25-10-16(32)33)28-23(37)19(14(6)30)29-22(36)18(12(4)8-2)27-20(34)13(5)26-15(31)9-24/h11-14,17-19,30H,7-10,24H2,1-6H3,(H,25,35)(H,26,31)(H,27,34)(H,28,37)(H,29,36)(H,32,33)/t11-,12-,13-,14+,17-,18-,19-/m0/s1. The van der Waals surface area contributed by atoms with Crippen molar-refractivity contribution in [2.75, 3.05) is 13.1 Å². The number of hydrogen-bond acceptors (Lipinski definition) is 8. The third-order valence-electron chi connectivity index (χ3n) is 6.02. The van der Waals surface area contributed by atoms with Crippen LogP contribution in [0.1, 0.15) is 54.4 Å². The molecular weight excluding hydrogens is 488 g/mol. The van der Waals surface area contributed by atoms with Crippen molar-refractivity contribution < 1.29 is 39.0 Å². The van der Waals surface area contributed by atoms with E-state index in [1.807, 2.05) is 0 Å². The number of carboxylic acid groups (broad SMARTS) is 1. The van der Waals surface area contributed by atoms with E-state index in [2.05, 4.69) is 26.6 Å². The topological polar surface area (TPSA) is 229 Å². The lowest BCUT2D eigenvalue weighted by atomic mass is 9.96. The van der Waals surface area contributed by atoms with Crippen LogP contribution in [-0.2, 0) is 28.8 Å². The summed E-state index contributed by atoms with van der Waals surface area (Å²) in [6.07, 6.45) is -0.425. The maximum atomic E-state index is 13.1. The second-order valence-corrected chi connectivity index (χ2v) is 9.08. The quantitative estimate of drug-likeness (QED) is 0.106. The average Bonchev–Trinajstić information content (AvgIpc) is 2.85. The van der Waals surface area contributed by atoms with Crippen molar-refractivity contribution in [3.05, 3.63) is 0 Å². The third kappa shape index (κ3) is 11.6. The van der Waals surface area contributed by atoms with Crippen LogP contribution < -0.4 is 32.3 Å².